The van der Waals surface area contributed by atoms with Crippen LogP contribution in [0.5, 0.6) is 0 Å². The fraction of sp³-hybridized carbons (Fsp3) is 0. The average Bonchev–Trinajstić information content (AvgIpc) is 2.86. The fourth-order valence-corrected chi connectivity index (χ4v) is 1.85. The number of carbonyl (C=O) groups is 1. The molecule has 0 aliphatic heterocycles. The molecule has 0 amide bonds. The van der Waals surface area contributed by atoms with Crippen molar-refractivity contribution in [3.8, 4) is 5.69 Å². The van der Waals surface area contributed by atoms with Gasteiger partial charge in [0.05, 0.1) is 9.80 Å². The highest BCUT2D eigenvalue weighted by atomic mass is 32.1. The van der Waals surface area contributed by atoms with Crippen LogP contribution in [0.15, 0.2) is 18.7 Å². The van der Waals surface area contributed by atoms with Crippen molar-refractivity contribution in [2.75, 3.05) is 0 Å². The quantitative estimate of drug-likeness (QED) is 0.441. The molecule has 0 aliphatic rings. The van der Waals surface area contributed by atoms with Gasteiger partial charge in [0.15, 0.2) is 12.0 Å². The zero-order valence-corrected chi connectivity index (χ0v) is 8.05. The van der Waals surface area contributed by atoms with E-state index in [-0.39, 0.29) is 15.6 Å². The van der Waals surface area contributed by atoms with Gasteiger partial charge in [-0.05, 0) is 6.07 Å². The topological polar surface area (TPSA) is 90.9 Å². The Balaban J connectivity index is 2.59. The van der Waals surface area contributed by atoms with E-state index in [1.54, 1.807) is 0 Å². The first-order valence-corrected chi connectivity index (χ1v) is 4.62. The van der Waals surface area contributed by atoms with Crippen molar-refractivity contribution in [3.05, 3.63) is 33.7 Å². The molecule has 0 saturated heterocycles. The number of carbonyl (C=O) groups excluding carboxylic acids is 1. The van der Waals surface area contributed by atoms with Gasteiger partial charge in [-0.1, -0.05) is 11.3 Å². The average molecular weight is 224 g/mol. The number of hydrogen-bond acceptors (Lipinski definition) is 6. The second-order valence-electron chi connectivity index (χ2n) is 2.55. The van der Waals surface area contributed by atoms with Crippen LogP contribution in [-0.4, -0.2) is 26.0 Å². The summed E-state index contributed by atoms with van der Waals surface area (Å²) in [6.45, 7) is 0. The van der Waals surface area contributed by atoms with E-state index in [9.17, 15) is 14.9 Å². The van der Waals surface area contributed by atoms with E-state index >= 15 is 0 Å². The molecule has 0 fully saturated rings. The summed E-state index contributed by atoms with van der Waals surface area (Å²) in [4.78, 5) is 24.6. The van der Waals surface area contributed by atoms with Gasteiger partial charge in [0.1, 0.15) is 12.7 Å². The first-order chi connectivity index (χ1) is 7.22. The number of rotatable bonds is 3. The van der Waals surface area contributed by atoms with Crippen LogP contribution in [0.25, 0.3) is 5.69 Å². The molecule has 2 heterocycles. The summed E-state index contributed by atoms with van der Waals surface area (Å²) in [5, 5.41) is 14.3. The van der Waals surface area contributed by atoms with Gasteiger partial charge in [0.2, 0.25) is 0 Å². The Labute approximate surface area is 87.1 Å². The van der Waals surface area contributed by atoms with Crippen LogP contribution in [0.4, 0.5) is 5.00 Å². The van der Waals surface area contributed by atoms with Gasteiger partial charge in [-0.25, -0.2) is 9.67 Å². The highest BCUT2D eigenvalue weighted by Gasteiger charge is 2.20. The van der Waals surface area contributed by atoms with Crippen molar-refractivity contribution < 1.29 is 9.72 Å². The summed E-state index contributed by atoms with van der Waals surface area (Å²) < 4.78 is 1.25. The maximum Gasteiger partial charge on any atom is 0.350 e. The Morgan fingerprint density at radius 1 is 1.60 bits per heavy atom. The Bertz CT molecular complexity index is 504. The molecule has 2 aromatic heterocycles. The SMILES string of the molecule is O=Cc1cc(-n2cncn2)c([N+](=O)[O-])s1. The Hall–Kier alpha value is -2.09. The van der Waals surface area contributed by atoms with E-state index in [2.05, 4.69) is 10.1 Å². The molecule has 8 heteroatoms. The molecule has 0 radical (unpaired) electrons. The van der Waals surface area contributed by atoms with Crippen molar-refractivity contribution in [2.45, 2.75) is 0 Å². The van der Waals surface area contributed by atoms with Gasteiger partial charge in [-0.2, -0.15) is 5.10 Å². The van der Waals surface area contributed by atoms with Gasteiger partial charge in [-0.3, -0.25) is 14.9 Å². The van der Waals surface area contributed by atoms with E-state index in [0.717, 1.165) is 11.3 Å². The predicted molar refractivity (Wildman–Crippen MR) is 51.3 cm³/mol. The number of aldehydes is 1. The zero-order valence-electron chi connectivity index (χ0n) is 7.23. The molecule has 76 valence electrons. The normalized spacial score (nSPS) is 10.1. The maximum atomic E-state index is 10.7. The lowest BCUT2D eigenvalue weighted by molar-refractivity contribution is -0.380. The van der Waals surface area contributed by atoms with Crippen molar-refractivity contribution in [3.63, 3.8) is 0 Å². The molecule has 15 heavy (non-hydrogen) atoms. The third-order valence-corrected chi connectivity index (χ3v) is 2.66. The van der Waals surface area contributed by atoms with E-state index in [1.165, 1.54) is 23.4 Å². The molecule has 2 rings (SSSR count). The fourth-order valence-electron chi connectivity index (χ4n) is 1.08. The number of aromatic nitrogens is 3. The van der Waals surface area contributed by atoms with E-state index in [0.29, 0.717) is 6.29 Å². The molecule has 0 atom stereocenters. The molecule has 0 aliphatic carbocycles. The Kier molecular flexibility index (Phi) is 2.26. The molecule has 7 nitrogen and oxygen atoms in total. The summed E-state index contributed by atoms with van der Waals surface area (Å²) in [6.07, 6.45) is 3.17. The van der Waals surface area contributed by atoms with Crippen LogP contribution in [-0.2, 0) is 0 Å². The third-order valence-electron chi connectivity index (χ3n) is 1.66. The van der Waals surface area contributed by atoms with Crippen molar-refractivity contribution in [1.29, 1.82) is 0 Å². The molecule has 2 aromatic rings. The number of hydrogen-bond donors (Lipinski definition) is 0. The van der Waals surface area contributed by atoms with Gasteiger partial charge < -0.3 is 0 Å². The lowest BCUT2D eigenvalue weighted by atomic mass is 10.4. The second-order valence-corrected chi connectivity index (χ2v) is 3.62. The maximum absolute atomic E-state index is 10.7. The summed E-state index contributed by atoms with van der Waals surface area (Å²) in [7, 11) is 0. The minimum absolute atomic E-state index is 0.123. The van der Waals surface area contributed by atoms with Crippen molar-refractivity contribution >= 4 is 22.6 Å². The highest BCUT2D eigenvalue weighted by Crippen LogP contribution is 2.31. The molecule has 0 N–H and O–H groups in total. The molecular formula is C7H4N4O3S. The third kappa shape index (κ3) is 1.62. The van der Waals surface area contributed by atoms with Crippen LogP contribution in [0.3, 0.4) is 0 Å². The molecule has 0 saturated carbocycles. The lowest BCUT2D eigenvalue weighted by Gasteiger charge is -1.93. The van der Waals surface area contributed by atoms with Gasteiger partial charge >= 0.3 is 5.00 Å². The van der Waals surface area contributed by atoms with Gasteiger partial charge in [0, 0.05) is 0 Å². The van der Waals surface area contributed by atoms with Crippen LogP contribution in [0, 0.1) is 10.1 Å². The molecule has 0 spiro atoms. The summed E-state index contributed by atoms with van der Waals surface area (Å²) in [5.41, 5.74) is 0.254. The largest absolute Gasteiger partial charge is 0.350 e. The molecular weight excluding hydrogens is 220 g/mol. The van der Waals surface area contributed by atoms with Crippen LogP contribution >= 0.6 is 11.3 Å². The van der Waals surface area contributed by atoms with Gasteiger partial charge in [0.25, 0.3) is 0 Å². The minimum Gasteiger partial charge on any atom is -0.297 e. The smallest absolute Gasteiger partial charge is 0.297 e. The minimum atomic E-state index is -0.547. The lowest BCUT2D eigenvalue weighted by Crippen LogP contribution is -1.96. The second kappa shape index (κ2) is 3.58. The monoisotopic (exact) mass is 224 g/mol. The van der Waals surface area contributed by atoms with E-state index in [4.69, 9.17) is 0 Å². The predicted octanol–water partition coefficient (Wildman–Crippen LogP) is 1.05. The van der Waals surface area contributed by atoms with Crippen molar-refractivity contribution in [2.24, 2.45) is 0 Å². The molecule has 0 unspecified atom stereocenters. The van der Waals surface area contributed by atoms with Gasteiger partial charge in [-0.15, -0.1) is 0 Å². The Morgan fingerprint density at radius 2 is 2.40 bits per heavy atom. The van der Waals surface area contributed by atoms with Crippen LogP contribution in [0.2, 0.25) is 0 Å². The van der Waals surface area contributed by atoms with E-state index in [1.807, 2.05) is 0 Å². The first kappa shape index (κ1) is 9.46. The molecule has 0 bridgehead atoms. The summed E-state index contributed by atoms with van der Waals surface area (Å²) in [6, 6.07) is 1.41. The number of nitro groups is 1. The number of thiophene rings is 1. The zero-order chi connectivity index (χ0) is 10.8. The molecule has 0 aromatic carbocycles. The van der Waals surface area contributed by atoms with Crippen LogP contribution in [0.1, 0.15) is 9.67 Å². The van der Waals surface area contributed by atoms with Crippen LogP contribution < -0.4 is 0 Å². The van der Waals surface area contributed by atoms with E-state index < -0.39 is 4.92 Å². The van der Waals surface area contributed by atoms with Crippen molar-refractivity contribution in [1.82, 2.24) is 14.8 Å². The highest BCUT2D eigenvalue weighted by molar-refractivity contribution is 7.17. The summed E-state index contributed by atoms with van der Waals surface area (Å²) >= 11 is 0.810. The first-order valence-electron chi connectivity index (χ1n) is 3.81. The summed E-state index contributed by atoms with van der Waals surface area (Å²) in [5.74, 6) is 0. The standard InChI is InChI=1S/C7H4N4O3S/c12-2-5-1-6(7(15-5)11(13)14)10-4-8-3-9-10/h1-4H. The Morgan fingerprint density at radius 3 is 2.93 bits per heavy atom. The number of nitrogens with zero attached hydrogens (tertiary/aromatic N) is 4.